The molecule has 0 aliphatic heterocycles. The minimum absolute atomic E-state index is 0.0558. The van der Waals surface area contributed by atoms with Gasteiger partial charge in [-0.1, -0.05) is 30.0 Å². The molecule has 0 unspecified atom stereocenters. The van der Waals surface area contributed by atoms with Gasteiger partial charge in [-0.3, -0.25) is 10.1 Å². The van der Waals surface area contributed by atoms with Crippen LogP contribution in [0.15, 0.2) is 41.6 Å². The van der Waals surface area contributed by atoms with E-state index in [0.29, 0.717) is 10.9 Å². The maximum absolute atomic E-state index is 11.2. The molecule has 0 spiro atoms. The number of aryl methyl sites for hydroxylation is 1. The van der Waals surface area contributed by atoms with Crippen LogP contribution in [0.4, 0.5) is 5.69 Å². The van der Waals surface area contributed by atoms with E-state index in [0.717, 1.165) is 22.4 Å². The lowest BCUT2D eigenvalue weighted by atomic mass is 10.1. The quantitative estimate of drug-likeness (QED) is 0.372. The predicted octanol–water partition coefficient (Wildman–Crippen LogP) is 3.49. The van der Waals surface area contributed by atoms with Crippen molar-refractivity contribution in [1.82, 2.24) is 20.2 Å². The third-order valence-corrected chi connectivity index (χ3v) is 5.04. The Bertz CT molecular complexity index is 957. The molecule has 0 aliphatic carbocycles. The first-order chi connectivity index (χ1) is 12.5. The maximum Gasteiger partial charge on any atom is 0.311 e. The summed E-state index contributed by atoms with van der Waals surface area (Å²) in [6.07, 6.45) is 0. The first-order valence-electron chi connectivity index (χ1n) is 7.80. The highest BCUT2D eigenvalue weighted by molar-refractivity contribution is 7.98. The molecule has 0 aliphatic rings. The molecule has 9 heteroatoms. The second kappa shape index (κ2) is 7.52. The molecule has 26 heavy (non-hydrogen) atoms. The number of hydrogen-bond donors (Lipinski definition) is 0. The lowest BCUT2D eigenvalue weighted by Gasteiger charge is -2.09. The number of nitro benzene ring substituents is 1. The SMILES string of the molecule is COc1ccc(CSc2nnnn2-c2cccc(C)c2C)cc1[N+](=O)[O-]. The number of thioether (sulfide) groups is 1. The normalized spacial score (nSPS) is 10.7. The van der Waals surface area contributed by atoms with Gasteiger partial charge < -0.3 is 4.74 Å². The molecule has 0 fully saturated rings. The molecular weight excluding hydrogens is 354 g/mol. The Balaban J connectivity index is 1.84. The Morgan fingerprint density at radius 2 is 2.08 bits per heavy atom. The van der Waals surface area contributed by atoms with E-state index in [9.17, 15) is 10.1 Å². The molecule has 0 bridgehead atoms. The number of nitrogens with zero attached hydrogens (tertiary/aromatic N) is 5. The number of hydrogen-bond acceptors (Lipinski definition) is 7. The van der Waals surface area contributed by atoms with Crippen LogP contribution in [0.3, 0.4) is 0 Å². The van der Waals surface area contributed by atoms with Crippen molar-refractivity contribution in [2.24, 2.45) is 0 Å². The molecule has 1 heterocycles. The van der Waals surface area contributed by atoms with E-state index in [2.05, 4.69) is 15.5 Å². The fourth-order valence-electron chi connectivity index (χ4n) is 2.50. The summed E-state index contributed by atoms with van der Waals surface area (Å²) < 4.78 is 6.71. The Hall–Kier alpha value is -2.94. The van der Waals surface area contributed by atoms with E-state index >= 15 is 0 Å². The van der Waals surface area contributed by atoms with E-state index in [4.69, 9.17) is 4.74 Å². The lowest BCUT2D eigenvalue weighted by Crippen LogP contribution is -2.02. The highest BCUT2D eigenvalue weighted by Gasteiger charge is 2.17. The highest BCUT2D eigenvalue weighted by atomic mass is 32.2. The zero-order valence-corrected chi connectivity index (χ0v) is 15.4. The summed E-state index contributed by atoms with van der Waals surface area (Å²) in [6.45, 7) is 4.06. The van der Waals surface area contributed by atoms with Crippen molar-refractivity contribution in [3.63, 3.8) is 0 Å². The van der Waals surface area contributed by atoms with Crippen LogP contribution < -0.4 is 4.74 Å². The van der Waals surface area contributed by atoms with E-state index in [1.165, 1.54) is 24.9 Å². The number of benzene rings is 2. The minimum Gasteiger partial charge on any atom is -0.490 e. The summed E-state index contributed by atoms with van der Waals surface area (Å²) in [7, 11) is 1.41. The average Bonchev–Trinajstić information content (AvgIpc) is 3.10. The molecule has 0 amide bonds. The first kappa shape index (κ1) is 17.9. The number of tetrazole rings is 1. The Morgan fingerprint density at radius 1 is 1.27 bits per heavy atom. The molecule has 3 rings (SSSR count). The third kappa shape index (κ3) is 3.52. The van der Waals surface area contributed by atoms with Gasteiger partial charge in [0.05, 0.1) is 17.7 Å². The van der Waals surface area contributed by atoms with Crippen molar-refractivity contribution in [2.75, 3.05) is 7.11 Å². The molecular formula is C17H17N5O3S. The van der Waals surface area contributed by atoms with E-state index in [-0.39, 0.29) is 11.4 Å². The average molecular weight is 371 g/mol. The summed E-state index contributed by atoms with van der Waals surface area (Å²) in [5.74, 6) is 0.736. The standard InChI is InChI=1S/C17H17N5O3S/c1-11-5-4-6-14(12(11)2)21-17(18-19-20-21)26-10-13-7-8-16(25-3)15(9-13)22(23)24/h4-9H,10H2,1-3H3. The van der Waals surface area contributed by atoms with Gasteiger partial charge in [-0.2, -0.15) is 4.68 Å². The largest absolute Gasteiger partial charge is 0.490 e. The van der Waals surface area contributed by atoms with Crippen LogP contribution in [0.25, 0.3) is 5.69 Å². The topological polar surface area (TPSA) is 96.0 Å². The molecule has 1 aromatic heterocycles. The number of ether oxygens (including phenoxy) is 1. The van der Waals surface area contributed by atoms with Gasteiger partial charge in [0, 0.05) is 11.8 Å². The lowest BCUT2D eigenvalue weighted by molar-refractivity contribution is -0.385. The van der Waals surface area contributed by atoms with E-state index in [1.54, 1.807) is 16.8 Å². The maximum atomic E-state index is 11.2. The predicted molar refractivity (Wildman–Crippen MR) is 97.8 cm³/mol. The van der Waals surface area contributed by atoms with E-state index < -0.39 is 4.92 Å². The van der Waals surface area contributed by atoms with Gasteiger partial charge >= 0.3 is 5.69 Å². The smallest absolute Gasteiger partial charge is 0.311 e. The molecule has 8 nitrogen and oxygen atoms in total. The number of aromatic nitrogens is 4. The summed E-state index contributed by atoms with van der Waals surface area (Å²) >= 11 is 1.41. The molecule has 0 radical (unpaired) electrons. The van der Waals surface area contributed by atoms with Crippen LogP contribution in [0.5, 0.6) is 5.75 Å². The van der Waals surface area contributed by atoms with Crippen molar-refractivity contribution in [2.45, 2.75) is 24.8 Å². The fourth-order valence-corrected chi connectivity index (χ4v) is 3.33. The fraction of sp³-hybridized carbons (Fsp3) is 0.235. The summed E-state index contributed by atoms with van der Waals surface area (Å²) in [5.41, 5.74) is 3.90. The zero-order chi connectivity index (χ0) is 18.7. The van der Waals surface area contributed by atoms with Crippen LogP contribution in [-0.2, 0) is 5.75 Å². The molecule has 3 aromatic rings. The van der Waals surface area contributed by atoms with Gasteiger partial charge in [0.25, 0.3) is 0 Å². The third-order valence-electron chi connectivity index (χ3n) is 4.05. The first-order valence-corrected chi connectivity index (χ1v) is 8.79. The van der Waals surface area contributed by atoms with Crippen molar-refractivity contribution in [1.29, 1.82) is 0 Å². The molecule has 0 saturated carbocycles. The van der Waals surface area contributed by atoms with Crippen LogP contribution in [0.1, 0.15) is 16.7 Å². The van der Waals surface area contributed by atoms with Crippen molar-refractivity contribution >= 4 is 17.4 Å². The highest BCUT2D eigenvalue weighted by Crippen LogP contribution is 2.31. The van der Waals surface area contributed by atoms with Crippen molar-refractivity contribution in [3.8, 4) is 11.4 Å². The Kier molecular flexibility index (Phi) is 5.17. The number of rotatable bonds is 6. The van der Waals surface area contributed by atoms with Gasteiger partial charge in [-0.05, 0) is 53.1 Å². The van der Waals surface area contributed by atoms with Crippen LogP contribution in [0.2, 0.25) is 0 Å². The van der Waals surface area contributed by atoms with Gasteiger partial charge in [-0.15, -0.1) is 5.10 Å². The zero-order valence-electron chi connectivity index (χ0n) is 14.5. The Labute approximate surface area is 154 Å². The summed E-state index contributed by atoms with van der Waals surface area (Å²) in [6, 6.07) is 10.9. The second-order valence-electron chi connectivity index (χ2n) is 5.64. The number of nitro groups is 1. The van der Waals surface area contributed by atoms with Gasteiger partial charge in [0.1, 0.15) is 0 Å². The van der Waals surface area contributed by atoms with Crippen LogP contribution in [-0.4, -0.2) is 32.2 Å². The minimum atomic E-state index is -0.451. The van der Waals surface area contributed by atoms with Gasteiger partial charge in [0.2, 0.25) is 5.16 Å². The van der Waals surface area contributed by atoms with E-state index in [1.807, 2.05) is 32.0 Å². The molecule has 0 N–H and O–H groups in total. The second-order valence-corrected chi connectivity index (χ2v) is 6.59. The molecule has 0 atom stereocenters. The summed E-state index contributed by atoms with van der Waals surface area (Å²) in [5, 5.41) is 23.7. The molecule has 0 saturated heterocycles. The van der Waals surface area contributed by atoms with Gasteiger partial charge in [0.15, 0.2) is 5.75 Å². The number of methoxy groups -OCH3 is 1. The van der Waals surface area contributed by atoms with Crippen molar-refractivity contribution < 1.29 is 9.66 Å². The molecule has 134 valence electrons. The monoisotopic (exact) mass is 371 g/mol. The van der Waals surface area contributed by atoms with Crippen LogP contribution >= 0.6 is 11.8 Å². The Morgan fingerprint density at radius 3 is 2.81 bits per heavy atom. The van der Waals surface area contributed by atoms with Gasteiger partial charge in [-0.25, -0.2) is 0 Å². The van der Waals surface area contributed by atoms with Crippen LogP contribution in [0, 0.1) is 24.0 Å². The van der Waals surface area contributed by atoms with Crippen molar-refractivity contribution in [3.05, 3.63) is 63.2 Å². The molecule has 2 aromatic carbocycles. The summed E-state index contributed by atoms with van der Waals surface area (Å²) in [4.78, 5) is 10.7.